The van der Waals surface area contributed by atoms with Crippen molar-refractivity contribution in [3.63, 3.8) is 0 Å². The van der Waals surface area contributed by atoms with Gasteiger partial charge in [-0.1, -0.05) is 32.9 Å². The zero-order valence-electron chi connectivity index (χ0n) is 26.2. The second kappa shape index (κ2) is 12.4. The first-order chi connectivity index (χ1) is 20.7. The van der Waals surface area contributed by atoms with Crippen LogP contribution in [-0.4, -0.2) is 92.8 Å². The van der Waals surface area contributed by atoms with Crippen molar-refractivity contribution in [2.24, 2.45) is 5.92 Å². The molecule has 4 aromatic rings. The molecule has 0 atom stereocenters. The zero-order chi connectivity index (χ0) is 30.0. The lowest BCUT2D eigenvalue weighted by molar-refractivity contribution is 0.155. The van der Waals surface area contributed by atoms with Crippen molar-refractivity contribution in [1.29, 1.82) is 0 Å². The van der Waals surface area contributed by atoms with E-state index in [1.807, 2.05) is 6.20 Å². The molecule has 11 heteroatoms. The van der Waals surface area contributed by atoms with E-state index in [1.165, 1.54) is 32.5 Å². The lowest BCUT2D eigenvalue weighted by Crippen LogP contribution is -2.49. The fourth-order valence-corrected chi connectivity index (χ4v) is 5.86. The highest BCUT2D eigenvalue weighted by atomic mass is 15.3. The van der Waals surface area contributed by atoms with Gasteiger partial charge in [-0.05, 0) is 63.0 Å². The minimum Gasteiger partial charge on any atom is -0.365 e. The molecule has 11 nitrogen and oxygen atoms in total. The topological polar surface area (TPSA) is 114 Å². The van der Waals surface area contributed by atoms with E-state index in [0.717, 1.165) is 77.4 Å². The first-order valence-electron chi connectivity index (χ1n) is 15.5. The van der Waals surface area contributed by atoms with E-state index in [0.29, 0.717) is 12.4 Å². The van der Waals surface area contributed by atoms with Crippen molar-refractivity contribution < 1.29 is 0 Å². The quantitative estimate of drug-likeness (QED) is 0.273. The van der Waals surface area contributed by atoms with Crippen LogP contribution in [0.2, 0.25) is 0 Å². The molecule has 2 saturated heterocycles. The number of hydrogen-bond donors (Lipinski definition) is 3. The second-order valence-corrected chi connectivity index (χ2v) is 13.2. The van der Waals surface area contributed by atoms with Crippen molar-refractivity contribution in [3.05, 3.63) is 53.6 Å². The number of aromatic amines is 1. The number of piperazine rings is 1. The Morgan fingerprint density at radius 3 is 2.51 bits per heavy atom. The van der Waals surface area contributed by atoms with Crippen LogP contribution in [0.1, 0.15) is 50.4 Å². The Kier molecular flexibility index (Phi) is 8.45. The molecular weight excluding hydrogens is 538 g/mol. The van der Waals surface area contributed by atoms with Crippen LogP contribution in [0.3, 0.4) is 0 Å². The van der Waals surface area contributed by atoms with Gasteiger partial charge in [-0.2, -0.15) is 5.10 Å². The SMILES string of the molecule is Cc1ccc(CNc2cc(C(C)(C)C)[nH]n2)cc1Nc1ncnc2cnc(N3CCN(CC4CCN(C)CC4)CC3)nc12. The number of benzene rings is 1. The minimum absolute atomic E-state index is 0.0260. The van der Waals surface area contributed by atoms with Crippen LogP contribution in [0, 0.1) is 12.8 Å². The van der Waals surface area contributed by atoms with Crippen LogP contribution in [0.25, 0.3) is 11.0 Å². The minimum atomic E-state index is 0.0260. The van der Waals surface area contributed by atoms with Crippen molar-refractivity contribution in [3.8, 4) is 0 Å². The molecule has 2 fully saturated rings. The number of fused-ring (bicyclic) bond motifs is 1. The molecule has 0 saturated carbocycles. The third kappa shape index (κ3) is 7.05. The van der Waals surface area contributed by atoms with Gasteiger partial charge in [0.05, 0.1) is 6.20 Å². The van der Waals surface area contributed by atoms with Crippen LogP contribution in [0.15, 0.2) is 36.8 Å². The van der Waals surface area contributed by atoms with Crippen LogP contribution in [0.4, 0.5) is 23.3 Å². The molecule has 228 valence electrons. The molecule has 0 radical (unpaired) electrons. The molecule has 5 heterocycles. The molecule has 6 rings (SSSR count). The molecule has 2 aliphatic heterocycles. The molecular formula is C32H45N11. The molecule has 1 aromatic carbocycles. The lowest BCUT2D eigenvalue weighted by atomic mass is 9.92. The fourth-order valence-electron chi connectivity index (χ4n) is 5.86. The molecule has 3 N–H and O–H groups in total. The monoisotopic (exact) mass is 583 g/mol. The van der Waals surface area contributed by atoms with Crippen LogP contribution < -0.4 is 15.5 Å². The summed E-state index contributed by atoms with van der Waals surface area (Å²) < 4.78 is 0. The summed E-state index contributed by atoms with van der Waals surface area (Å²) in [7, 11) is 2.23. The van der Waals surface area contributed by atoms with Gasteiger partial charge in [-0.15, -0.1) is 0 Å². The lowest BCUT2D eigenvalue weighted by Gasteiger charge is -2.38. The summed E-state index contributed by atoms with van der Waals surface area (Å²) in [6, 6.07) is 8.49. The van der Waals surface area contributed by atoms with Gasteiger partial charge in [0.15, 0.2) is 5.82 Å². The van der Waals surface area contributed by atoms with E-state index in [2.05, 4.69) is 109 Å². The number of likely N-dealkylation sites (tertiary alicyclic amines) is 1. The van der Waals surface area contributed by atoms with E-state index in [4.69, 9.17) is 4.98 Å². The van der Waals surface area contributed by atoms with Crippen molar-refractivity contribution in [2.75, 3.05) is 68.4 Å². The summed E-state index contributed by atoms with van der Waals surface area (Å²) in [6.07, 6.45) is 6.00. The van der Waals surface area contributed by atoms with E-state index >= 15 is 0 Å². The summed E-state index contributed by atoms with van der Waals surface area (Å²) in [6.45, 7) is 16.8. The van der Waals surface area contributed by atoms with E-state index in [9.17, 15) is 0 Å². The molecule has 0 bridgehead atoms. The Labute approximate surface area is 254 Å². The van der Waals surface area contributed by atoms with Crippen molar-refractivity contribution in [1.82, 2.24) is 39.9 Å². The average Bonchev–Trinajstić information content (AvgIpc) is 3.49. The number of H-pyrrole nitrogens is 1. The second-order valence-electron chi connectivity index (χ2n) is 13.2. The van der Waals surface area contributed by atoms with E-state index < -0.39 is 0 Å². The number of nitrogens with one attached hydrogen (secondary N) is 3. The first kappa shape index (κ1) is 29.3. The van der Waals surface area contributed by atoms with Gasteiger partial charge in [0.2, 0.25) is 5.95 Å². The van der Waals surface area contributed by atoms with E-state index in [-0.39, 0.29) is 5.41 Å². The van der Waals surface area contributed by atoms with Gasteiger partial charge < -0.3 is 20.4 Å². The van der Waals surface area contributed by atoms with Gasteiger partial charge in [-0.25, -0.2) is 19.9 Å². The number of aromatic nitrogens is 6. The Morgan fingerprint density at radius 1 is 0.977 bits per heavy atom. The van der Waals surface area contributed by atoms with Gasteiger partial charge in [0.1, 0.15) is 23.2 Å². The Morgan fingerprint density at radius 2 is 1.77 bits per heavy atom. The van der Waals surface area contributed by atoms with Gasteiger partial charge in [0, 0.05) is 62.1 Å². The smallest absolute Gasteiger partial charge is 0.226 e. The Hall–Kier alpha value is -3.83. The first-order valence-corrected chi connectivity index (χ1v) is 15.5. The Balaban J connectivity index is 1.12. The number of anilines is 4. The molecule has 43 heavy (non-hydrogen) atoms. The normalized spacial score (nSPS) is 17.5. The van der Waals surface area contributed by atoms with E-state index in [1.54, 1.807) is 6.33 Å². The highest BCUT2D eigenvalue weighted by molar-refractivity contribution is 5.87. The molecule has 2 aliphatic rings. The summed E-state index contributed by atoms with van der Waals surface area (Å²) >= 11 is 0. The third-order valence-electron chi connectivity index (χ3n) is 8.79. The number of aryl methyl sites for hydroxylation is 1. The molecule has 0 aliphatic carbocycles. The molecule has 0 spiro atoms. The number of nitrogens with zero attached hydrogens (tertiary/aromatic N) is 8. The zero-order valence-corrected chi connectivity index (χ0v) is 26.2. The van der Waals surface area contributed by atoms with Gasteiger partial charge in [0.25, 0.3) is 0 Å². The summed E-state index contributed by atoms with van der Waals surface area (Å²) in [5.41, 5.74) is 5.84. The van der Waals surface area contributed by atoms with Gasteiger partial charge in [-0.3, -0.25) is 10.00 Å². The average molecular weight is 584 g/mol. The predicted molar refractivity (Wildman–Crippen MR) is 173 cm³/mol. The summed E-state index contributed by atoms with van der Waals surface area (Å²) in [4.78, 5) is 26.0. The molecule has 3 aromatic heterocycles. The largest absolute Gasteiger partial charge is 0.365 e. The van der Waals surface area contributed by atoms with Crippen molar-refractivity contribution in [2.45, 2.75) is 52.5 Å². The van der Waals surface area contributed by atoms with Crippen LogP contribution >= 0.6 is 0 Å². The predicted octanol–water partition coefficient (Wildman–Crippen LogP) is 4.57. The molecule has 0 amide bonds. The highest BCUT2D eigenvalue weighted by Crippen LogP contribution is 2.27. The number of piperidine rings is 1. The highest BCUT2D eigenvalue weighted by Gasteiger charge is 2.24. The summed E-state index contributed by atoms with van der Waals surface area (Å²) in [5.74, 6) is 3.08. The number of rotatable bonds is 8. The van der Waals surface area contributed by atoms with Crippen LogP contribution in [-0.2, 0) is 12.0 Å². The standard InChI is InChI=1S/C32H45N11/c1-22-6-7-24(18-33-28-17-27(39-40-28)32(2,3)4)16-25(22)37-30-29-26(35-21-36-30)19-34-31(38-29)43-14-12-42(13-15-43)20-23-8-10-41(5)11-9-23/h6-7,16-17,19,21,23H,8-15,18,20H2,1-5H3,(H2,33,39,40)(H,35,36,37). The maximum atomic E-state index is 4.97. The maximum Gasteiger partial charge on any atom is 0.226 e. The van der Waals surface area contributed by atoms with Crippen molar-refractivity contribution >= 4 is 34.3 Å². The van der Waals surface area contributed by atoms with Gasteiger partial charge >= 0.3 is 0 Å². The third-order valence-corrected chi connectivity index (χ3v) is 8.79. The van der Waals surface area contributed by atoms with Crippen LogP contribution in [0.5, 0.6) is 0 Å². The fraction of sp³-hybridized carbons (Fsp3) is 0.531. The summed E-state index contributed by atoms with van der Waals surface area (Å²) in [5, 5.41) is 14.5. The maximum absolute atomic E-state index is 4.97. The molecule has 0 unspecified atom stereocenters. The Bertz CT molecular complexity index is 1530. The number of hydrogen-bond acceptors (Lipinski definition) is 10.